The number of hydrogen-bond donors (Lipinski definition) is 1. The van der Waals surface area contributed by atoms with Crippen LogP contribution in [0.5, 0.6) is 0 Å². The minimum absolute atomic E-state index is 0.0919. The number of amides is 1. The Balaban J connectivity index is 2.91. The Morgan fingerprint density at radius 3 is 2.20 bits per heavy atom. The molecule has 0 aromatic heterocycles. The Morgan fingerprint density at radius 1 is 1.08 bits per heavy atom. The molecule has 25 heavy (non-hydrogen) atoms. The molecule has 142 valence electrons. The van der Waals surface area contributed by atoms with Crippen LogP contribution < -0.4 is 4.31 Å². The van der Waals surface area contributed by atoms with E-state index in [1.165, 1.54) is 0 Å². The fourth-order valence-corrected chi connectivity index (χ4v) is 3.31. The summed E-state index contributed by atoms with van der Waals surface area (Å²) in [6, 6.07) is 7.08. The van der Waals surface area contributed by atoms with Crippen LogP contribution in [0, 0.1) is 6.92 Å². The molecule has 0 spiro atoms. The van der Waals surface area contributed by atoms with Gasteiger partial charge in [0, 0.05) is 19.7 Å². The summed E-state index contributed by atoms with van der Waals surface area (Å²) in [6.45, 7) is 5.00. The number of hydrogen-bond acceptors (Lipinski definition) is 4. The number of carbonyl (C=O) groups excluding carboxylic acids is 1. The van der Waals surface area contributed by atoms with Crippen LogP contribution in [0.4, 0.5) is 5.69 Å². The third-order valence-corrected chi connectivity index (χ3v) is 5.11. The second kappa shape index (κ2) is 10.4. The van der Waals surface area contributed by atoms with E-state index in [4.69, 9.17) is 5.11 Å². The average Bonchev–Trinajstić information content (AvgIpc) is 2.55. The molecule has 0 aliphatic heterocycles. The molecule has 1 N–H and O–H groups in total. The SMILES string of the molecule is CCCCN(CCCCO)C(=O)CN(c1ccc(C)cc1)S(C)(=O)=O. The van der Waals surface area contributed by atoms with Crippen molar-refractivity contribution in [3.63, 3.8) is 0 Å². The minimum Gasteiger partial charge on any atom is -0.396 e. The number of unbranched alkanes of at least 4 members (excludes halogenated alkanes) is 2. The lowest BCUT2D eigenvalue weighted by atomic mass is 10.2. The number of aliphatic hydroxyl groups is 1. The van der Waals surface area contributed by atoms with Crippen molar-refractivity contribution in [2.75, 3.05) is 36.8 Å². The molecule has 7 heteroatoms. The largest absolute Gasteiger partial charge is 0.396 e. The quantitative estimate of drug-likeness (QED) is 0.606. The Labute approximate surface area is 151 Å². The maximum Gasteiger partial charge on any atom is 0.243 e. The summed E-state index contributed by atoms with van der Waals surface area (Å²) in [5.74, 6) is -0.211. The van der Waals surface area contributed by atoms with Crippen LogP contribution in [-0.2, 0) is 14.8 Å². The van der Waals surface area contributed by atoms with E-state index in [2.05, 4.69) is 0 Å². The van der Waals surface area contributed by atoms with Crippen LogP contribution in [0.3, 0.4) is 0 Å². The van der Waals surface area contributed by atoms with Gasteiger partial charge >= 0.3 is 0 Å². The highest BCUT2D eigenvalue weighted by molar-refractivity contribution is 7.92. The first-order chi connectivity index (χ1) is 11.8. The molecule has 0 aliphatic carbocycles. The highest BCUT2D eigenvalue weighted by Gasteiger charge is 2.23. The number of aryl methyl sites for hydroxylation is 1. The summed E-state index contributed by atoms with van der Waals surface area (Å²) in [6.07, 6.45) is 4.27. The van der Waals surface area contributed by atoms with Gasteiger partial charge in [-0.3, -0.25) is 9.10 Å². The summed E-state index contributed by atoms with van der Waals surface area (Å²) in [4.78, 5) is 14.4. The Morgan fingerprint density at radius 2 is 1.68 bits per heavy atom. The van der Waals surface area contributed by atoms with Crippen molar-refractivity contribution in [2.45, 2.75) is 39.5 Å². The zero-order valence-electron chi connectivity index (χ0n) is 15.4. The van der Waals surface area contributed by atoms with E-state index >= 15 is 0 Å². The molecule has 6 nitrogen and oxygen atoms in total. The van der Waals surface area contributed by atoms with Gasteiger partial charge in [0.05, 0.1) is 11.9 Å². The molecule has 0 aliphatic rings. The Hall–Kier alpha value is -1.60. The molecule has 0 heterocycles. The number of benzene rings is 1. The maximum absolute atomic E-state index is 12.7. The fourth-order valence-electron chi connectivity index (χ4n) is 2.46. The first kappa shape index (κ1) is 21.4. The summed E-state index contributed by atoms with van der Waals surface area (Å²) in [7, 11) is -3.56. The van der Waals surface area contributed by atoms with Crippen molar-refractivity contribution in [1.29, 1.82) is 0 Å². The summed E-state index contributed by atoms with van der Waals surface area (Å²) < 4.78 is 25.5. The molecule has 0 atom stereocenters. The first-order valence-electron chi connectivity index (χ1n) is 8.72. The predicted molar refractivity (Wildman–Crippen MR) is 101 cm³/mol. The number of rotatable bonds is 11. The lowest BCUT2D eigenvalue weighted by Crippen LogP contribution is -2.43. The van der Waals surface area contributed by atoms with Crippen LogP contribution in [0.15, 0.2) is 24.3 Å². The van der Waals surface area contributed by atoms with Crippen LogP contribution in [-0.4, -0.2) is 56.8 Å². The monoisotopic (exact) mass is 370 g/mol. The van der Waals surface area contributed by atoms with Crippen molar-refractivity contribution >= 4 is 21.6 Å². The highest BCUT2D eigenvalue weighted by atomic mass is 32.2. The number of aliphatic hydroxyl groups excluding tert-OH is 1. The van der Waals surface area contributed by atoms with Crippen LogP contribution in [0.2, 0.25) is 0 Å². The topological polar surface area (TPSA) is 77.9 Å². The van der Waals surface area contributed by atoms with Crippen molar-refractivity contribution in [3.8, 4) is 0 Å². The molecule has 0 unspecified atom stereocenters. The average molecular weight is 371 g/mol. The third-order valence-electron chi connectivity index (χ3n) is 3.97. The van der Waals surface area contributed by atoms with Gasteiger partial charge in [-0.05, 0) is 38.3 Å². The molecule has 1 aromatic rings. The molecule has 0 bridgehead atoms. The summed E-state index contributed by atoms with van der Waals surface area (Å²) in [5.41, 5.74) is 1.52. The van der Waals surface area contributed by atoms with Crippen LogP contribution in [0.1, 0.15) is 38.2 Å². The van der Waals surface area contributed by atoms with E-state index < -0.39 is 10.0 Å². The molecule has 0 saturated carbocycles. The van der Waals surface area contributed by atoms with Crippen LogP contribution >= 0.6 is 0 Å². The molecule has 1 amide bonds. The van der Waals surface area contributed by atoms with Gasteiger partial charge in [0.2, 0.25) is 15.9 Å². The maximum atomic E-state index is 12.7. The van der Waals surface area contributed by atoms with E-state index in [1.54, 1.807) is 17.0 Å². The summed E-state index contributed by atoms with van der Waals surface area (Å²) in [5, 5.41) is 8.93. The van der Waals surface area contributed by atoms with Gasteiger partial charge in [0.25, 0.3) is 0 Å². The second-order valence-electron chi connectivity index (χ2n) is 6.27. The standard InChI is InChI=1S/C18H30N2O4S/c1-4-5-12-19(13-6-7-14-21)18(22)15-20(25(3,23)24)17-10-8-16(2)9-11-17/h8-11,21H,4-7,12-15H2,1-3H3. The lowest BCUT2D eigenvalue weighted by Gasteiger charge is -2.27. The van der Waals surface area contributed by atoms with Gasteiger partial charge < -0.3 is 10.0 Å². The molecular formula is C18H30N2O4S. The normalized spacial score (nSPS) is 11.4. The number of anilines is 1. The van der Waals surface area contributed by atoms with Crippen molar-refractivity contribution in [3.05, 3.63) is 29.8 Å². The lowest BCUT2D eigenvalue weighted by molar-refractivity contribution is -0.129. The number of nitrogens with zero attached hydrogens (tertiary/aromatic N) is 2. The first-order valence-corrected chi connectivity index (χ1v) is 10.6. The molecule has 0 radical (unpaired) electrons. The number of sulfonamides is 1. The van der Waals surface area contributed by atoms with Crippen molar-refractivity contribution in [1.82, 2.24) is 4.90 Å². The summed E-state index contributed by atoms with van der Waals surface area (Å²) >= 11 is 0. The molecule has 0 fully saturated rings. The number of carbonyl (C=O) groups is 1. The third kappa shape index (κ3) is 7.44. The van der Waals surface area contributed by atoms with Gasteiger partial charge in [-0.1, -0.05) is 31.0 Å². The Kier molecular flexibility index (Phi) is 8.92. The fraction of sp³-hybridized carbons (Fsp3) is 0.611. The van der Waals surface area contributed by atoms with Crippen molar-refractivity contribution in [2.24, 2.45) is 0 Å². The van der Waals surface area contributed by atoms with Gasteiger partial charge in [0.1, 0.15) is 6.54 Å². The minimum atomic E-state index is -3.56. The van der Waals surface area contributed by atoms with Crippen molar-refractivity contribution < 1.29 is 18.3 Å². The smallest absolute Gasteiger partial charge is 0.243 e. The molecule has 1 rings (SSSR count). The van der Waals surface area contributed by atoms with E-state index in [0.29, 0.717) is 31.6 Å². The van der Waals surface area contributed by atoms with Crippen LogP contribution in [0.25, 0.3) is 0 Å². The molecule has 0 saturated heterocycles. The van der Waals surface area contributed by atoms with Gasteiger partial charge in [-0.25, -0.2) is 8.42 Å². The zero-order chi connectivity index (χ0) is 18.9. The zero-order valence-corrected chi connectivity index (χ0v) is 16.3. The van der Waals surface area contributed by atoms with Gasteiger partial charge in [-0.15, -0.1) is 0 Å². The molecule has 1 aromatic carbocycles. The highest BCUT2D eigenvalue weighted by Crippen LogP contribution is 2.18. The van der Waals surface area contributed by atoms with Gasteiger partial charge in [-0.2, -0.15) is 0 Å². The van der Waals surface area contributed by atoms with E-state index in [9.17, 15) is 13.2 Å². The molecular weight excluding hydrogens is 340 g/mol. The Bertz CT molecular complexity index is 629. The second-order valence-corrected chi connectivity index (χ2v) is 8.18. The van der Waals surface area contributed by atoms with E-state index in [-0.39, 0.29) is 19.1 Å². The van der Waals surface area contributed by atoms with E-state index in [1.807, 2.05) is 26.0 Å². The van der Waals surface area contributed by atoms with Gasteiger partial charge in [0.15, 0.2) is 0 Å². The predicted octanol–water partition coefficient (Wildman–Crippen LogP) is 2.16. The van der Waals surface area contributed by atoms with E-state index in [0.717, 1.165) is 29.0 Å².